The Morgan fingerprint density at radius 1 is 1.18 bits per heavy atom. The largest absolute Gasteiger partial charge is 0.385 e. The van der Waals surface area contributed by atoms with E-state index >= 15 is 0 Å². The van der Waals surface area contributed by atoms with Crippen molar-refractivity contribution < 1.29 is 9.90 Å². The van der Waals surface area contributed by atoms with Gasteiger partial charge in [-0.15, -0.1) is 0 Å². The van der Waals surface area contributed by atoms with Crippen LogP contribution in [-0.2, 0) is 4.79 Å². The van der Waals surface area contributed by atoms with Crippen LogP contribution >= 0.6 is 0 Å². The van der Waals surface area contributed by atoms with Gasteiger partial charge in [0.25, 0.3) is 0 Å². The maximum Gasteiger partial charge on any atom is 0.222 e. The lowest BCUT2D eigenvalue weighted by Gasteiger charge is -2.34. The molecule has 2 aliphatic rings. The standard InChI is InChI=1S/C12H23N3O2/c1-13-6-7-14(2)9-12(17,8-13)10-15-5-3-4-11(15)16/h17H,3-10H2,1-2H3. The summed E-state index contributed by atoms with van der Waals surface area (Å²) in [5, 5.41) is 10.7. The minimum Gasteiger partial charge on any atom is -0.385 e. The molecule has 0 aliphatic carbocycles. The van der Waals surface area contributed by atoms with Gasteiger partial charge in [0, 0.05) is 39.1 Å². The molecule has 0 atom stereocenters. The third-order valence-electron chi connectivity index (χ3n) is 3.65. The normalized spacial score (nSPS) is 27.5. The SMILES string of the molecule is CN1CCN(C)CC(O)(CN2CCCC2=O)C1. The first-order valence-corrected chi connectivity index (χ1v) is 6.36. The minimum atomic E-state index is -0.792. The van der Waals surface area contributed by atoms with Gasteiger partial charge in [0.2, 0.25) is 5.91 Å². The van der Waals surface area contributed by atoms with Crippen LogP contribution in [0.25, 0.3) is 0 Å². The highest BCUT2D eigenvalue weighted by Gasteiger charge is 2.36. The molecule has 1 amide bonds. The summed E-state index contributed by atoms with van der Waals surface area (Å²) in [6.07, 6.45) is 1.57. The van der Waals surface area contributed by atoms with Crippen molar-refractivity contribution in [1.29, 1.82) is 0 Å². The molecule has 17 heavy (non-hydrogen) atoms. The van der Waals surface area contributed by atoms with E-state index in [9.17, 15) is 9.90 Å². The van der Waals surface area contributed by atoms with E-state index in [2.05, 4.69) is 9.80 Å². The van der Waals surface area contributed by atoms with Gasteiger partial charge < -0.3 is 19.8 Å². The van der Waals surface area contributed by atoms with Crippen molar-refractivity contribution in [3.8, 4) is 0 Å². The zero-order valence-corrected chi connectivity index (χ0v) is 10.9. The average molecular weight is 241 g/mol. The number of aliphatic hydroxyl groups is 1. The maximum atomic E-state index is 11.6. The second-order valence-corrected chi connectivity index (χ2v) is 5.62. The van der Waals surface area contributed by atoms with E-state index in [4.69, 9.17) is 0 Å². The van der Waals surface area contributed by atoms with Crippen molar-refractivity contribution in [1.82, 2.24) is 14.7 Å². The Labute approximate surface area is 103 Å². The molecule has 5 heteroatoms. The predicted octanol–water partition coefficient (Wildman–Crippen LogP) is -0.783. The lowest BCUT2D eigenvalue weighted by Crippen LogP contribution is -2.53. The molecule has 0 unspecified atom stereocenters. The molecule has 0 bridgehead atoms. The summed E-state index contributed by atoms with van der Waals surface area (Å²) in [5.74, 6) is 0.188. The summed E-state index contributed by atoms with van der Waals surface area (Å²) in [7, 11) is 4.05. The van der Waals surface area contributed by atoms with Gasteiger partial charge in [-0.2, -0.15) is 0 Å². The number of amides is 1. The van der Waals surface area contributed by atoms with Gasteiger partial charge >= 0.3 is 0 Å². The molecule has 1 N–H and O–H groups in total. The van der Waals surface area contributed by atoms with Crippen molar-refractivity contribution >= 4 is 5.91 Å². The van der Waals surface area contributed by atoms with E-state index in [1.807, 2.05) is 19.0 Å². The molecule has 2 rings (SSSR count). The lowest BCUT2D eigenvalue weighted by molar-refractivity contribution is -0.131. The summed E-state index contributed by atoms with van der Waals surface area (Å²) >= 11 is 0. The van der Waals surface area contributed by atoms with Crippen LogP contribution in [0.1, 0.15) is 12.8 Å². The van der Waals surface area contributed by atoms with Crippen molar-refractivity contribution in [3.05, 3.63) is 0 Å². The number of rotatable bonds is 2. The van der Waals surface area contributed by atoms with Gasteiger partial charge in [-0.05, 0) is 20.5 Å². The molecule has 0 radical (unpaired) electrons. The zero-order chi connectivity index (χ0) is 12.5. The Balaban J connectivity index is 2.02. The van der Waals surface area contributed by atoms with Crippen LogP contribution in [0.3, 0.4) is 0 Å². The maximum absolute atomic E-state index is 11.6. The first-order chi connectivity index (χ1) is 7.98. The van der Waals surface area contributed by atoms with Gasteiger partial charge in [-0.25, -0.2) is 0 Å². The van der Waals surface area contributed by atoms with E-state index < -0.39 is 5.60 Å². The number of carbonyl (C=O) groups is 1. The van der Waals surface area contributed by atoms with Gasteiger partial charge in [0.15, 0.2) is 0 Å². The van der Waals surface area contributed by atoms with E-state index in [0.717, 1.165) is 26.1 Å². The molecular formula is C12H23N3O2. The molecule has 2 saturated heterocycles. The molecule has 0 aromatic rings. The monoisotopic (exact) mass is 241 g/mol. The molecule has 2 heterocycles. The van der Waals surface area contributed by atoms with Crippen molar-refractivity contribution in [2.75, 3.05) is 53.4 Å². The molecule has 2 aliphatic heterocycles. The number of likely N-dealkylation sites (N-methyl/N-ethyl adjacent to an activating group) is 2. The fourth-order valence-electron chi connectivity index (χ4n) is 2.88. The molecule has 0 aromatic carbocycles. The Morgan fingerprint density at radius 3 is 2.24 bits per heavy atom. The van der Waals surface area contributed by atoms with E-state index in [1.165, 1.54) is 0 Å². The summed E-state index contributed by atoms with van der Waals surface area (Å²) in [6.45, 7) is 4.48. The van der Waals surface area contributed by atoms with Crippen molar-refractivity contribution in [3.63, 3.8) is 0 Å². The van der Waals surface area contributed by atoms with E-state index in [1.54, 1.807) is 0 Å². The third-order valence-corrected chi connectivity index (χ3v) is 3.65. The lowest BCUT2D eigenvalue weighted by atomic mass is 10.0. The van der Waals surface area contributed by atoms with Crippen molar-refractivity contribution in [2.24, 2.45) is 0 Å². The van der Waals surface area contributed by atoms with Crippen LogP contribution in [0.4, 0.5) is 0 Å². The molecule has 98 valence electrons. The molecule has 0 spiro atoms. The highest BCUT2D eigenvalue weighted by atomic mass is 16.3. The fraction of sp³-hybridized carbons (Fsp3) is 0.917. The Kier molecular flexibility index (Phi) is 3.70. The summed E-state index contributed by atoms with van der Waals surface area (Å²) in [5.41, 5.74) is -0.792. The highest BCUT2D eigenvalue weighted by molar-refractivity contribution is 5.78. The molecule has 2 fully saturated rings. The van der Waals surface area contributed by atoms with Crippen LogP contribution in [0.2, 0.25) is 0 Å². The van der Waals surface area contributed by atoms with Crippen LogP contribution in [0.15, 0.2) is 0 Å². The number of nitrogens with zero attached hydrogens (tertiary/aromatic N) is 3. The van der Waals surface area contributed by atoms with Crippen molar-refractivity contribution in [2.45, 2.75) is 18.4 Å². The van der Waals surface area contributed by atoms with E-state index in [-0.39, 0.29) is 5.91 Å². The summed E-state index contributed by atoms with van der Waals surface area (Å²) in [4.78, 5) is 17.7. The molecule has 0 saturated carbocycles. The first kappa shape index (κ1) is 12.8. The highest BCUT2D eigenvalue weighted by Crippen LogP contribution is 2.18. The van der Waals surface area contributed by atoms with Crippen LogP contribution in [-0.4, -0.2) is 84.7 Å². The smallest absolute Gasteiger partial charge is 0.222 e. The molecule has 0 aromatic heterocycles. The van der Waals surface area contributed by atoms with E-state index in [0.29, 0.717) is 26.1 Å². The second-order valence-electron chi connectivity index (χ2n) is 5.62. The Hall–Kier alpha value is -0.650. The zero-order valence-electron chi connectivity index (χ0n) is 10.9. The molecule has 5 nitrogen and oxygen atoms in total. The summed E-state index contributed by atoms with van der Waals surface area (Å²) in [6, 6.07) is 0. The average Bonchev–Trinajstić information content (AvgIpc) is 2.54. The number of carbonyl (C=O) groups excluding carboxylic acids is 1. The molecular weight excluding hydrogens is 218 g/mol. The van der Waals surface area contributed by atoms with Gasteiger partial charge in [0.05, 0.1) is 6.54 Å². The summed E-state index contributed by atoms with van der Waals surface area (Å²) < 4.78 is 0. The number of β-amino-alcohol motifs (C(OH)–C–C–N with tert-alkyl or cyclic N) is 1. The first-order valence-electron chi connectivity index (χ1n) is 6.36. The predicted molar refractivity (Wildman–Crippen MR) is 65.8 cm³/mol. The number of hydrogen-bond acceptors (Lipinski definition) is 4. The second kappa shape index (κ2) is 4.92. The topological polar surface area (TPSA) is 47.0 Å². The minimum absolute atomic E-state index is 0.188. The Morgan fingerprint density at radius 2 is 1.76 bits per heavy atom. The third kappa shape index (κ3) is 3.18. The Bertz CT molecular complexity index is 283. The quantitative estimate of drug-likeness (QED) is 0.689. The van der Waals surface area contributed by atoms with Crippen LogP contribution < -0.4 is 0 Å². The van der Waals surface area contributed by atoms with Gasteiger partial charge in [-0.3, -0.25) is 4.79 Å². The fourth-order valence-corrected chi connectivity index (χ4v) is 2.88. The van der Waals surface area contributed by atoms with Gasteiger partial charge in [-0.1, -0.05) is 0 Å². The van der Waals surface area contributed by atoms with Crippen LogP contribution in [0, 0.1) is 0 Å². The number of likely N-dealkylation sites (tertiary alicyclic amines) is 1. The number of hydrogen-bond donors (Lipinski definition) is 1. The van der Waals surface area contributed by atoms with Gasteiger partial charge in [0.1, 0.15) is 5.60 Å². The van der Waals surface area contributed by atoms with Crippen LogP contribution in [0.5, 0.6) is 0 Å².